The van der Waals surface area contributed by atoms with E-state index in [1.807, 2.05) is 0 Å². The van der Waals surface area contributed by atoms with Gasteiger partial charge in [0.1, 0.15) is 11.9 Å². The molecule has 0 fully saturated rings. The van der Waals surface area contributed by atoms with Gasteiger partial charge in [-0.1, -0.05) is 12.1 Å². The monoisotopic (exact) mass is 387 g/mol. The minimum absolute atomic E-state index is 0.0639. The maximum Gasteiger partial charge on any atom is 0.331 e. The minimum Gasteiger partial charge on any atom is -0.496 e. The average molecular weight is 387 g/mol. The molecule has 0 saturated heterocycles. The summed E-state index contributed by atoms with van der Waals surface area (Å²) >= 11 is 0. The Morgan fingerprint density at radius 1 is 1.04 bits per heavy atom. The third kappa shape index (κ3) is 5.00. The van der Waals surface area contributed by atoms with Gasteiger partial charge in [0.05, 0.1) is 26.3 Å². The summed E-state index contributed by atoms with van der Waals surface area (Å²) in [5, 5.41) is 10.9. The lowest BCUT2D eigenvalue weighted by Gasteiger charge is -2.13. The number of hydrogen-bond donors (Lipinski definition) is 0. The molecule has 1 atom stereocenters. The van der Waals surface area contributed by atoms with E-state index in [9.17, 15) is 14.9 Å². The number of rotatable bonds is 8. The predicted molar refractivity (Wildman–Crippen MR) is 103 cm³/mol. The first kappa shape index (κ1) is 20.8. The van der Waals surface area contributed by atoms with Crippen LogP contribution in [0, 0.1) is 10.1 Å². The summed E-state index contributed by atoms with van der Waals surface area (Å²) in [6.45, 7) is 1.64. The first-order valence-electron chi connectivity index (χ1n) is 8.32. The van der Waals surface area contributed by atoms with E-state index < -0.39 is 17.0 Å². The van der Waals surface area contributed by atoms with Crippen LogP contribution in [0.15, 0.2) is 42.5 Å². The molecular weight excluding hydrogens is 366 g/mol. The molecule has 8 nitrogen and oxygen atoms in total. The Morgan fingerprint density at radius 3 is 2.29 bits per heavy atom. The Labute approximate surface area is 162 Å². The Kier molecular flexibility index (Phi) is 6.97. The van der Waals surface area contributed by atoms with E-state index in [0.29, 0.717) is 28.4 Å². The second kappa shape index (κ2) is 9.40. The minimum atomic E-state index is -0.649. The van der Waals surface area contributed by atoms with Crippen LogP contribution in [0.25, 0.3) is 6.08 Å². The first-order chi connectivity index (χ1) is 13.4. The molecule has 28 heavy (non-hydrogen) atoms. The van der Waals surface area contributed by atoms with Crippen LogP contribution in [0.1, 0.15) is 24.2 Å². The summed E-state index contributed by atoms with van der Waals surface area (Å²) in [7, 11) is 4.52. The number of esters is 1. The van der Waals surface area contributed by atoms with Gasteiger partial charge < -0.3 is 18.9 Å². The van der Waals surface area contributed by atoms with Crippen LogP contribution in [0.4, 0.5) is 5.69 Å². The number of benzene rings is 2. The summed E-state index contributed by atoms with van der Waals surface area (Å²) in [5.74, 6) is 0.879. The normalized spacial score (nSPS) is 11.7. The zero-order chi connectivity index (χ0) is 20.7. The van der Waals surface area contributed by atoms with E-state index in [1.165, 1.54) is 45.6 Å². The van der Waals surface area contributed by atoms with Gasteiger partial charge in [-0.2, -0.15) is 0 Å². The van der Waals surface area contributed by atoms with Crippen LogP contribution in [0.3, 0.4) is 0 Å². The maximum atomic E-state index is 12.2. The summed E-state index contributed by atoms with van der Waals surface area (Å²) in [4.78, 5) is 22.5. The third-order valence-electron chi connectivity index (χ3n) is 3.98. The van der Waals surface area contributed by atoms with Crippen LogP contribution in [0.5, 0.6) is 17.2 Å². The molecule has 0 heterocycles. The van der Waals surface area contributed by atoms with Crippen LogP contribution >= 0.6 is 0 Å². The number of methoxy groups -OCH3 is 3. The number of hydrogen-bond acceptors (Lipinski definition) is 7. The molecule has 0 aliphatic carbocycles. The molecule has 0 radical (unpaired) electrons. The van der Waals surface area contributed by atoms with E-state index in [4.69, 9.17) is 18.9 Å². The standard InChI is InChI=1S/C20H21NO7/c1-13(14-6-5-7-16(10-14)21(23)24)28-20(22)9-8-15-11-18(26-3)19(27-4)12-17(15)25-2/h5-13H,1-4H3/b9-8+/t13-/m1/s1. The van der Waals surface area contributed by atoms with Crippen LogP contribution in [0.2, 0.25) is 0 Å². The van der Waals surface area contributed by atoms with Gasteiger partial charge in [0.2, 0.25) is 0 Å². The largest absolute Gasteiger partial charge is 0.496 e. The predicted octanol–water partition coefficient (Wildman–Crippen LogP) is 3.94. The Morgan fingerprint density at radius 2 is 1.68 bits per heavy atom. The molecule has 0 unspecified atom stereocenters. The summed E-state index contributed by atoms with van der Waals surface area (Å²) in [6, 6.07) is 9.27. The van der Waals surface area contributed by atoms with Crippen LogP contribution < -0.4 is 14.2 Å². The van der Waals surface area contributed by atoms with Gasteiger partial charge in [-0.25, -0.2) is 4.79 Å². The molecule has 0 saturated carbocycles. The molecule has 0 N–H and O–H groups in total. The zero-order valence-corrected chi connectivity index (χ0v) is 16.0. The lowest BCUT2D eigenvalue weighted by molar-refractivity contribution is -0.385. The number of non-ortho nitro benzene ring substituents is 1. The molecule has 2 aromatic carbocycles. The topological polar surface area (TPSA) is 97.1 Å². The highest BCUT2D eigenvalue weighted by Gasteiger charge is 2.14. The van der Waals surface area contributed by atoms with E-state index >= 15 is 0 Å². The Bertz CT molecular complexity index is 892. The van der Waals surface area contributed by atoms with Crippen LogP contribution in [-0.4, -0.2) is 32.2 Å². The highest BCUT2D eigenvalue weighted by Crippen LogP contribution is 2.35. The van der Waals surface area contributed by atoms with Crippen molar-refractivity contribution in [1.29, 1.82) is 0 Å². The molecule has 0 aliphatic heterocycles. The zero-order valence-electron chi connectivity index (χ0n) is 16.0. The smallest absolute Gasteiger partial charge is 0.331 e. The quantitative estimate of drug-likeness (QED) is 0.293. The fourth-order valence-electron chi connectivity index (χ4n) is 2.51. The molecule has 148 valence electrons. The van der Waals surface area contributed by atoms with E-state index in [1.54, 1.807) is 31.2 Å². The van der Waals surface area contributed by atoms with Gasteiger partial charge in [0.25, 0.3) is 5.69 Å². The average Bonchev–Trinajstić information content (AvgIpc) is 2.71. The van der Waals surface area contributed by atoms with Gasteiger partial charge in [-0.05, 0) is 24.6 Å². The third-order valence-corrected chi connectivity index (χ3v) is 3.98. The van der Waals surface area contributed by atoms with E-state index in [0.717, 1.165) is 0 Å². The number of nitro groups is 1. The number of nitro benzene ring substituents is 1. The Balaban J connectivity index is 2.15. The van der Waals surface area contributed by atoms with Crippen molar-refractivity contribution < 1.29 is 28.7 Å². The van der Waals surface area contributed by atoms with Gasteiger partial charge in [-0.3, -0.25) is 10.1 Å². The summed E-state index contributed by atoms with van der Waals surface area (Å²) in [6.07, 6.45) is 2.13. The van der Waals surface area contributed by atoms with Crippen molar-refractivity contribution in [3.63, 3.8) is 0 Å². The molecule has 2 rings (SSSR count). The van der Waals surface area contributed by atoms with Gasteiger partial charge in [0, 0.05) is 29.8 Å². The number of carbonyl (C=O) groups is 1. The van der Waals surface area contributed by atoms with Gasteiger partial charge in [0.15, 0.2) is 11.5 Å². The first-order valence-corrected chi connectivity index (χ1v) is 8.32. The molecule has 0 aliphatic rings. The summed E-state index contributed by atoms with van der Waals surface area (Å²) in [5.41, 5.74) is 1.06. The van der Waals surface area contributed by atoms with Crippen LogP contribution in [-0.2, 0) is 9.53 Å². The Hall–Kier alpha value is -3.55. The van der Waals surface area contributed by atoms with Gasteiger partial charge in [-0.15, -0.1) is 0 Å². The van der Waals surface area contributed by atoms with E-state index in [2.05, 4.69) is 0 Å². The van der Waals surface area contributed by atoms with Crippen molar-refractivity contribution in [3.8, 4) is 17.2 Å². The number of ether oxygens (including phenoxy) is 4. The highest BCUT2D eigenvalue weighted by molar-refractivity contribution is 5.88. The van der Waals surface area contributed by atoms with Crippen molar-refractivity contribution >= 4 is 17.7 Å². The molecule has 0 spiro atoms. The highest BCUT2D eigenvalue weighted by atomic mass is 16.6. The summed E-state index contributed by atoms with van der Waals surface area (Å²) < 4.78 is 21.1. The molecule has 0 amide bonds. The van der Waals surface area contributed by atoms with E-state index in [-0.39, 0.29) is 5.69 Å². The molecule has 2 aromatic rings. The maximum absolute atomic E-state index is 12.2. The number of carbonyl (C=O) groups excluding carboxylic acids is 1. The van der Waals surface area contributed by atoms with Crippen molar-refractivity contribution in [1.82, 2.24) is 0 Å². The van der Waals surface area contributed by atoms with Crippen molar-refractivity contribution in [3.05, 3.63) is 63.7 Å². The van der Waals surface area contributed by atoms with Crippen molar-refractivity contribution in [2.75, 3.05) is 21.3 Å². The van der Waals surface area contributed by atoms with Gasteiger partial charge >= 0.3 is 5.97 Å². The second-order valence-corrected chi connectivity index (χ2v) is 5.71. The molecule has 0 aromatic heterocycles. The lowest BCUT2D eigenvalue weighted by Crippen LogP contribution is -2.06. The van der Waals surface area contributed by atoms with Crippen molar-refractivity contribution in [2.45, 2.75) is 13.0 Å². The van der Waals surface area contributed by atoms with Crippen molar-refractivity contribution in [2.24, 2.45) is 0 Å². The number of nitrogens with zero attached hydrogens (tertiary/aromatic N) is 1. The molecule has 0 bridgehead atoms. The fraction of sp³-hybridized carbons (Fsp3) is 0.250. The molecular formula is C20H21NO7. The SMILES string of the molecule is COc1cc(OC)c(OC)cc1/C=C/C(=O)O[C@H](C)c1cccc([N+](=O)[O-])c1. The lowest BCUT2D eigenvalue weighted by atomic mass is 10.1. The second-order valence-electron chi connectivity index (χ2n) is 5.71. The fourth-order valence-corrected chi connectivity index (χ4v) is 2.51. The molecule has 8 heteroatoms.